The van der Waals surface area contributed by atoms with E-state index in [-0.39, 0.29) is 12.1 Å². The van der Waals surface area contributed by atoms with Crippen LogP contribution in [0.2, 0.25) is 5.02 Å². The number of pyridine rings is 1. The second-order valence-corrected chi connectivity index (χ2v) is 6.54. The van der Waals surface area contributed by atoms with Gasteiger partial charge in [0.25, 0.3) is 0 Å². The van der Waals surface area contributed by atoms with Crippen molar-refractivity contribution in [3.63, 3.8) is 0 Å². The number of likely N-dealkylation sites (tertiary alicyclic amines) is 1. The van der Waals surface area contributed by atoms with Crippen LogP contribution in [0.3, 0.4) is 0 Å². The summed E-state index contributed by atoms with van der Waals surface area (Å²) in [6, 6.07) is 6.79. The Bertz CT molecular complexity index is 802. The number of carbonyl (C=O) groups is 1. The van der Waals surface area contributed by atoms with Crippen molar-refractivity contribution in [3.05, 3.63) is 41.7 Å². The third-order valence-electron chi connectivity index (χ3n) is 4.33. The topological polar surface area (TPSA) is 72.9 Å². The molecule has 0 saturated carbocycles. The summed E-state index contributed by atoms with van der Waals surface area (Å²) in [5.41, 5.74) is 0.637. The molecule has 144 valence electrons. The number of benzene rings is 1. The van der Waals surface area contributed by atoms with Crippen molar-refractivity contribution in [1.29, 1.82) is 0 Å². The van der Waals surface area contributed by atoms with Gasteiger partial charge in [0, 0.05) is 36.8 Å². The van der Waals surface area contributed by atoms with Gasteiger partial charge in [0.05, 0.1) is 20.8 Å². The van der Waals surface area contributed by atoms with Crippen molar-refractivity contribution in [2.75, 3.05) is 32.6 Å². The highest BCUT2D eigenvalue weighted by molar-refractivity contribution is 6.31. The third kappa shape index (κ3) is 4.74. The number of urea groups is 1. The minimum atomic E-state index is -0.184. The van der Waals surface area contributed by atoms with E-state index in [0.29, 0.717) is 41.0 Å². The van der Waals surface area contributed by atoms with Crippen LogP contribution in [-0.4, -0.2) is 49.3 Å². The number of ether oxygens (including phenoxy) is 3. The number of rotatable bonds is 5. The van der Waals surface area contributed by atoms with Gasteiger partial charge in [-0.2, -0.15) is 0 Å². The summed E-state index contributed by atoms with van der Waals surface area (Å²) in [6.45, 7) is 1.15. The fourth-order valence-electron chi connectivity index (χ4n) is 2.97. The molecule has 1 atom stereocenters. The Kier molecular flexibility index (Phi) is 6.24. The molecule has 1 aliphatic heterocycles. The molecule has 0 aliphatic carbocycles. The van der Waals surface area contributed by atoms with Crippen molar-refractivity contribution in [2.45, 2.75) is 18.9 Å². The summed E-state index contributed by atoms with van der Waals surface area (Å²) in [5.74, 6) is 1.75. The molecule has 1 N–H and O–H groups in total. The van der Waals surface area contributed by atoms with Gasteiger partial charge in [-0.05, 0) is 25.0 Å². The maximum atomic E-state index is 12.6. The number of halogens is 1. The standard InChI is InChI=1S/C19H22ClN3O4/c1-25-17-6-5-13(10-18(17)26-2)22-19(24)23-9-3-4-14(12-23)27-16-7-8-21-11-15(16)20/h5-8,10-11,14H,3-4,9,12H2,1-2H3,(H,22,24). The Hall–Kier alpha value is -2.67. The summed E-state index contributed by atoms with van der Waals surface area (Å²) in [5, 5.41) is 3.36. The van der Waals surface area contributed by atoms with Crippen molar-refractivity contribution in [2.24, 2.45) is 0 Å². The molecule has 8 heteroatoms. The van der Waals surface area contributed by atoms with E-state index in [9.17, 15) is 4.79 Å². The lowest BCUT2D eigenvalue weighted by Crippen LogP contribution is -2.46. The van der Waals surface area contributed by atoms with E-state index in [4.69, 9.17) is 25.8 Å². The molecule has 7 nitrogen and oxygen atoms in total. The molecule has 1 aliphatic rings. The van der Waals surface area contributed by atoms with E-state index in [1.54, 1.807) is 55.8 Å². The summed E-state index contributed by atoms with van der Waals surface area (Å²) in [6.07, 6.45) is 4.77. The molecule has 1 aromatic carbocycles. The molecule has 27 heavy (non-hydrogen) atoms. The SMILES string of the molecule is COc1ccc(NC(=O)N2CCCC(Oc3ccncc3Cl)C2)cc1OC. The van der Waals surface area contributed by atoms with Gasteiger partial charge >= 0.3 is 6.03 Å². The molecule has 1 saturated heterocycles. The number of amides is 2. The molecule has 2 aromatic rings. The second-order valence-electron chi connectivity index (χ2n) is 6.13. The monoisotopic (exact) mass is 391 g/mol. The maximum Gasteiger partial charge on any atom is 0.321 e. The minimum Gasteiger partial charge on any atom is -0.493 e. The fourth-order valence-corrected chi connectivity index (χ4v) is 3.14. The van der Waals surface area contributed by atoms with Crippen LogP contribution >= 0.6 is 11.6 Å². The van der Waals surface area contributed by atoms with Gasteiger partial charge in [0.2, 0.25) is 0 Å². The Balaban J connectivity index is 1.62. The zero-order valence-corrected chi connectivity index (χ0v) is 16.0. The van der Waals surface area contributed by atoms with Crippen LogP contribution in [0, 0.1) is 0 Å². The number of aromatic nitrogens is 1. The van der Waals surface area contributed by atoms with Gasteiger partial charge in [-0.15, -0.1) is 0 Å². The van der Waals surface area contributed by atoms with Crippen LogP contribution in [0.25, 0.3) is 0 Å². The van der Waals surface area contributed by atoms with Crippen LogP contribution in [0.4, 0.5) is 10.5 Å². The number of methoxy groups -OCH3 is 2. The lowest BCUT2D eigenvalue weighted by molar-refractivity contribution is 0.106. The van der Waals surface area contributed by atoms with Crippen molar-refractivity contribution < 1.29 is 19.0 Å². The number of nitrogens with one attached hydrogen (secondary N) is 1. The van der Waals surface area contributed by atoms with E-state index >= 15 is 0 Å². The van der Waals surface area contributed by atoms with Crippen LogP contribution < -0.4 is 19.5 Å². The Morgan fingerprint density at radius 3 is 2.78 bits per heavy atom. The average molecular weight is 392 g/mol. The molecule has 3 rings (SSSR count). The first kappa shape index (κ1) is 19.1. The number of carbonyl (C=O) groups excluding carboxylic acids is 1. The van der Waals surface area contributed by atoms with E-state index in [2.05, 4.69) is 10.3 Å². The summed E-state index contributed by atoms with van der Waals surface area (Å²) in [7, 11) is 3.12. The zero-order chi connectivity index (χ0) is 19.2. The number of hydrogen-bond acceptors (Lipinski definition) is 5. The lowest BCUT2D eigenvalue weighted by Gasteiger charge is -2.33. The maximum absolute atomic E-state index is 12.6. The fraction of sp³-hybridized carbons (Fsp3) is 0.368. The van der Waals surface area contributed by atoms with Crippen molar-refractivity contribution in [1.82, 2.24) is 9.88 Å². The lowest BCUT2D eigenvalue weighted by atomic mass is 10.1. The first-order valence-corrected chi connectivity index (χ1v) is 9.02. The Labute approximate surface area is 163 Å². The van der Waals surface area contributed by atoms with E-state index < -0.39 is 0 Å². The first-order valence-electron chi connectivity index (χ1n) is 8.65. The van der Waals surface area contributed by atoms with Crippen LogP contribution in [0.5, 0.6) is 17.2 Å². The highest BCUT2D eigenvalue weighted by Gasteiger charge is 2.25. The summed E-state index contributed by atoms with van der Waals surface area (Å²) < 4.78 is 16.4. The zero-order valence-electron chi connectivity index (χ0n) is 15.3. The smallest absolute Gasteiger partial charge is 0.321 e. The third-order valence-corrected chi connectivity index (χ3v) is 4.61. The molecule has 0 spiro atoms. The molecule has 1 fully saturated rings. The van der Waals surface area contributed by atoms with E-state index in [0.717, 1.165) is 12.8 Å². The van der Waals surface area contributed by atoms with Gasteiger partial charge < -0.3 is 24.4 Å². The van der Waals surface area contributed by atoms with Crippen LogP contribution in [0.15, 0.2) is 36.7 Å². The minimum absolute atomic E-state index is 0.116. The number of hydrogen-bond donors (Lipinski definition) is 1. The molecule has 0 radical (unpaired) electrons. The molecular formula is C19H22ClN3O4. The quantitative estimate of drug-likeness (QED) is 0.838. The molecule has 2 amide bonds. The Morgan fingerprint density at radius 2 is 2.04 bits per heavy atom. The normalized spacial score (nSPS) is 16.6. The molecular weight excluding hydrogens is 370 g/mol. The van der Waals surface area contributed by atoms with Gasteiger partial charge in [-0.1, -0.05) is 11.6 Å². The Morgan fingerprint density at radius 1 is 1.22 bits per heavy atom. The largest absolute Gasteiger partial charge is 0.493 e. The molecule has 1 unspecified atom stereocenters. The number of nitrogens with zero attached hydrogens (tertiary/aromatic N) is 2. The van der Waals surface area contributed by atoms with Gasteiger partial charge in [-0.25, -0.2) is 4.79 Å². The number of piperidine rings is 1. The van der Waals surface area contributed by atoms with E-state index in [1.807, 2.05) is 0 Å². The summed E-state index contributed by atoms with van der Waals surface area (Å²) in [4.78, 5) is 18.3. The second kappa shape index (κ2) is 8.81. The van der Waals surface area contributed by atoms with E-state index in [1.165, 1.54) is 0 Å². The molecule has 1 aromatic heterocycles. The highest BCUT2D eigenvalue weighted by Crippen LogP contribution is 2.30. The van der Waals surface area contributed by atoms with Gasteiger partial charge in [-0.3, -0.25) is 4.98 Å². The predicted octanol–water partition coefficient (Wildman–Crippen LogP) is 3.83. The molecule has 0 bridgehead atoms. The number of anilines is 1. The van der Waals surface area contributed by atoms with Crippen LogP contribution in [0.1, 0.15) is 12.8 Å². The van der Waals surface area contributed by atoms with Crippen LogP contribution in [-0.2, 0) is 0 Å². The van der Waals surface area contributed by atoms with Crippen molar-refractivity contribution >= 4 is 23.3 Å². The summed E-state index contributed by atoms with van der Waals surface area (Å²) >= 11 is 6.10. The van der Waals surface area contributed by atoms with Gasteiger partial charge in [0.1, 0.15) is 16.9 Å². The van der Waals surface area contributed by atoms with Gasteiger partial charge in [0.15, 0.2) is 11.5 Å². The highest BCUT2D eigenvalue weighted by atomic mass is 35.5. The predicted molar refractivity (Wildman–Crippen MR) is 103 cm³/mol. The van der Waals surface area contributed by atoms with Crippen molar-refractivity contribution in [3.8, 4) is 17.2 Å². The first-order chi connectivity index (χ1) is 13.1. The average Bonchev–Trinajstić information content (AvgIpc) is 2.70. The molecule has 2 heterocycles.